The van der Waals surface area contributed by atoms with Crippen molar-refractivity contribution in [2.24, 2.45) is 0 Å². The molecule has 0 aliphatic carbocycles. The number of ketones is 1. The monoisotopic (exact) mass is 388 g/mol. The number of rotatable bonds is 7. The smallest absolute Gasteiger partial charge is 0.296 e. The number of amides is 1. The lowest BCUT2D eigenvalue weighted by molar-refractivity contribution is -0.112. The Morgan fingerprint density at radius 3 is 2.72 bits per heavy atom. The molecule has 0 saturated heterocycles. The maximum atomic E-state index is 12.8. The molecule has 29 heavy (non-hydrogen) atoms. The van der Waals surface area contributed by atoms with Crippen LogP contribution in [0.2, 0.25) is 0 Å². The summed E-state index contributed by atoms with van der Waals surface area (Å²) in [5.74, 6) is -0.500. The fraction of sp³-hybridized carbons (Fsp3) is 0.130. The number of hydrogen-bond acceptors (Lipinski definition) is 4. The van der Waals surface area contributed by atoms with Crippen molar-refractivity contribution in [3.63, 3.8) is 0 Å². The van der Waals surface area contributed by atoms with E-state index in [2.05, 4.69) is 10.3 Å². The van der Waals surface area contributed by atoms with E-state index < -0.39 is 11.7 Å². The van der Waals surface area contributed by atoms with Crippen molar-refractivity contribution in [1.82, 2.24) is 4.98 Å². The number of hydrogen-bond donors (Lipinski definition) is 2. The Hall–Kier alpha value is -3.64. The van der Waals surface area contributed by atoms with Gasteiger partial charge in [0.1, 0.15) is 12.4 Å². The Kier molecular flexibility index (Phi) is 5.27. The fourth-order valence-corrected chi connectivity index (χ4v) is 3.27. The lowest BCUT2D eigenvalue weighted by atomic mass is 10.1. The zero-order chi connectivity index (χ0) is 20.2. The van der Waals surface area contributed by atoms with Crippen molar-refractivity contribution in [3.8, 4) is 0 Å². The van der Waals surface area contributed by atoms with E-state index in [1.807, 2.05) is 42.5 Å². The molecule has 0 saturated carbocycles. The number of aryl methyl sites for hydroxylation is 1. The molecule has 0 fully saturated rings. The van der Waals surface area contributed by atoms with Gasteiger partial charge in [0.2, 0.25) is 0 Å². The van der Waals surface area contributed by atoms with E-state index in [0.29, 0.717) is 30.2 Å². The summed E-state index contributed by atoms with van der Waals surface area (Å²) in [6, 6.07) is 18.3. The first-order valence-electron chi connectivity index (χ1n) is 9.24. The number of ether oxygens (including phenoxy) is 1. The van der Waals surface area contributed by atoms with Crippen LogP contribution in [0.15, 0.2) is 71.3 Å². The molecule has 4 rings (SSSR count). The number of Topliss-reactive ketones (excluding diaryl/α,β-unsaturated/α-hetero) is 1. The highest BCUT2D eigenvalue weighted by molar-refractivity contribution is 6.48. The molecular weight excluding hydrogens is 368 g/mol. The van der Waals surface area contributed by atoms with Gasteiger partial charge < -0.3 is 19.5 Å². The van der Waals surface area contributed by atoms with E-state index in [1.54, 1.807) is 31.4 Å². The number of aromatic nitrogens is 1. The molecule has 2 aromatic carbocycles. The number of anilines is 1. The van der Waals surface area contributed by atoms with Gasteiger partial charge in [-0.2, -0.15) is 0 Å². The summed E-state index contributed by atoms with van der Waals surface area (Å²) >= 11 is 0. The predicted octanol–water partition coefficient (Wildman–Crippen LogP) is 4.61. The number of para-hydroxylation sites is 1. The quantitative estimate of drug-likeness (QED) is 0.358. The number of H-pyrrole nitrogens is 1. The second-order valence-corrected chi connectivity index (χ2v) is 6.73. The van der Waals surface area contributed by atoms with Gasteiger partial charge in [-0.15, -0.1) is 0 Å². The second kappa shape index (κ2) is 8.16. The molecule has 0 unspecified atom stereocenters. The van der Waals surface area contributed by atoms with Gasteiger partial charge >= 0.3 is 0 Å². The van der Waals surface area contributed by atoms with E-state index in [-0.39, 0.29) is 0 Å². The van der Waals surface area contributed by atoms with Crippen molar-refractivity contribution >= 4 is 28.3 Å². The van der Waals surface area contributed by atoms with Gasteiger partial charge in [0.25, 0.3) is 11.7 Å². The molecule has 0 bridgehead atoms. The molecule has 2 heterocycles. The minimum absolute atomic E-state index is 0.361. The Labute approximate surface area is 167 Å². The van der Waals surface area contributed by atoms with E-state index in [4.69, 9.17) is 9.15 Å². The van der Waals surface area contributed by atoms with Crippen molar-refractivity contribution in [1.29, 1.82) is 0 Å². The molecule has 6 heteroatoms. The summed E-state index contributed by atoms with van der Waals surface area (Å²) < 4.78 is 10.8. The highest BCUT2D eigenvalue weighted by Crippen LogP contribution is 2.23. The summed E-state index contributed by atoms with van der Waals surface area (Å²) in [7, 11) is 0. The maximum absolute atomic E-state index is 12.8. The average Bonchev–Trinajstić information content (AvgIpc) is 3.34. The SMILES string of the molecule is Cc1[nH]c2ccccc2c1C(=O)C(=O)Nc1cccc(COCc2ccco2)c1. The van der Waals surface area contributed by atoms with Gasteiger partial charge in [0.15, 0.2) is 0 Å². The summed E-state index contributed by atoms with van der Waals surface area (Å²) in [5.41, 5.74) is 3.32. The van der Waals surface area contributed by atoms with Gasteiger partial charge in [0, 0.05) is 22.3 Å². The molecule has 0 spiro atoms. The van der Waals surface area contributed by atoms with Crippen LogP contribution in [0, 0.1) is 6.92 Å². The molecule has 1 amide bonds. The molecule has 4 aromatic rings. The van der Waals surface area contributed by atoms with E-state index in [0.717, 1.165) is 22.2 Å². The van der Waals surface area contributed by atoms with Crippen molar-refractivity contribution in [2.45, 2.75) is 20.1 Å². The van der Waals surface area contributed by atoms with Crippen molar-refractivity contribution in [2.75, 3.05) is 5.32 Å². The standard InChI is InChI=1S/C23H20N2O4/c1-15-21(19-9-2-3-10-20(19)24-15)22(26)23(27)25-17-7-4-6-16(12-17)13-28-14-18-8-5-11-29-18/h2-12,24H,13-14H2,1H3,(H,25,27). The average molecular weight is 388 g/mol. The third kappa shape index (κ3) is 4.12. The Balaban J connectivity index is 1.44. The highest BCUT2D eigenvalue weighted by atomic mass is 16.5. The number of aromatic amines is 1. The minimum Gasteiger partial charge on any atom is -0.467 e. The van der Waals surface area contributed by atoms with Crippen LogP contribution < -0.4 is 5.32 Å². The number of fused-ring (bicyclic) bond motifs is 1. The summed E-state index contributed by atoms with van der Waals surface area (Å²) in [6.45, 7) is 2.51. The largest absolute Gasteiger partial charge is 0.467 e. The van der Waals surface area contributed by atoms with Crippen LogP contribution in [0.3, 0.4) is 0 Å². The Morgan fingerprint density at radius 2 is 1.90 bits per heavy atom. The minimum atomic E-state index is -0.675. The van der Waals surface area contributed by atoms with Crippen LogP contribution >= 0.6 is 0 Å². The van der Waals surface area contributed by atoms with Gasteiger partial charge in [-0.1, -0.05) is 30.3 Å². The third-order valence-corrected chi connectivity index (χ3v) is 4.60. The molecular formula is C23H20N2O4. The molecule has 0 aliphatic rings. The number of furan rings is 1. The fourth-order valence-electron chi connectivity index (χ4n) is 3.27. The zero-order valence-corrected chi connectivity index (χ0v) is 15.9. The molecule has 6 nitrogen and oxygen atoms in total. The summed E-state index contributed by atoms with van der Waals surface area (Å²) in [6.07, 6.45) is 1.60. The molecule has 146 valence electrons. The number of carbonyl (C=O) groups excluding carboxylic acids is 2. The predicted molar refractivity (Wildman–Crippen MR) is 110 cm³/mol. The normalized spacial score (nSPS) is 10.9. The second-order valence-electron chi connectivity index (χ2n) is 6.73. The van der Waals surface area contributed by atoms with Crippen molar-refractivity contribution in [3.05, 3.63) is 89.5 Å². The van der Waals surface area contributed by atoms with Gasteiger partial charge in [-0.25, -0.2) is 0 Å². The Bertz CT molecular complexity index is 1160. The van der Waals surface area contributed by atoms with Crippen LogP contribution in [0.1, 0.15) is 27.4 Å². The first-order valence-corrected chi connectivity index (χ1v) is 9.24. The topological polar surface area (TPSA) is 84.3 Å². The maximum Gasteiger partial charge on any atom is 0.296 e. The number of nitrogens with one attached hydrogen (secondary N) is 2. The summed E-state index contributed by atoms with van der Waals surface area (Å²) in [5, 5.41) is 3.43. The third-order valence-electron chi connectivity index (χ3n) is 4.60. The van der Waals surface area contributed by atoms with Gasteiger partial charge in [0.05, 0.1) is 18.4 Å². The first kappa shape index (κ1) is 18.7. The number of carbonyl (C=O) groups is 2. The van der Waals surface area contributed by atoms with Crippen LogP contribution in [-0.2, 0) is 22.7 Å². The molecule has 0 atom stereocenters. The zero-order valence-electron chi connectivity index (χ0n) is 15.9. The van der Waals surface area contributed by atoms with Crippen LogP contribution in [-0.4, -0.2) is 16.7 Å². The summed E-state index contributed by atoms with van der Waals surface area (Å²) in [4.78, 5) is 28.5. The van der Waals surface area contributed by atoms with Crippen molar-refractivity contribution < 1.29 is 18.7 Å². The number of benzene rings is 2. The van der Waals surface area contributed by atoms with Gasteiger partial charge in [-0.3, -0.25) is 9.59 Å². The van der Waals surface area contributed by atoms with Crippen LogP contribution in [0.4, 0.5) is 5.69 Å². The highest BCUT2D eigenvalue weighted by Gasteiger charge is 2.22. The lowest BCUT2D eigenvalue weighted by Gasteiger charge is -2.08. The molecule has 0 aliphatic heterocycles. The molecule has 0 radical (unpaired) electrons. The van der Waals surface area contributed by atoms with Crippen LogP contribution in [0.25, 0.3) is 10.9 Å². The van der Waals surface area contributed by atoms with Crippen LogP contribution in [0.5, 0.6) is 0 Å². The molecule has 2 N–H and O–H groups in total. The molecule has 2 aromatic heterocycles. The lowest BCUT2D eigenvalue weighted by Crippen LogP contribution is -2.23. The van der Waals surface area contributed by atoms with Gasteiger partial charge in [-0.05, 0) is 42.8 Å². The van der Waals surface area contributed by atoms with E-state index in [9.17, 15) is 9.59 Å². The van der Waals surface area contributed by atoms with E-state index in [1.165, 1.54) is 0 Å². The first-order chi connectivity index (χ1) is 14.1. The Morgan fingerprint density at radius 1 is 1.03 bits per heavy atom. The van der Waals surface area contributed by atoms with E-state index >= 15 is 0 Å².